The summed E-state index contributed by atoms with van der Waals surface area (Å²) in [7, 11) is 0. The molecule has 100 valence electrons. The van der Waals surface area contributed by atoms with Crippen molar-refractivity contribution in [2.45, 2.75) is 57.4 Å². The maximum Gasteiger partial charge on any atom is 0.323 e. The average Bonchev–Trinajstić information content (AvgIpc) is 2.31. The molecule has 1 aliphatic heterocycles. The van der Waals surface area contributed by atoms with E-state index in [0.29, 0.717) is 0 Å². The van der Waals surface area contributed by atoms with Crippen LogP contribution in [0.1, 0.15) is 51.9 Å². The monoisotopic (exact) mass is 243 g/mol. The molecule has 0 saturated carbocycles. The summed E-state index contributed by atoms with van der Waals surface area (Å²) in [6.07, 6.45) is 6.89. The van der Waals surface area contributed by atoms with E-state index in [4.69, 9.17) is 5.11 Å². The molecule has 0 bridgehead atoms. The van der Waals surface area contributed by atoms with Gasteiger partial charge in [-0.25, -0.2) is 0 Å². The first kappa shape index (κ1) is 14.5. The van der Waals surface area contributed by atoms with E-state index in [1.807, 2.05) is 6.92 Å². The molecule has 1 heterocycles. The Morgan fingerprint density at radius 3 is 2.59 bits per heavy atom. The smallest absolute Gasteiger partial charge is 0.323 e. The van der Waals surface area contributed by atoms with Gasteiger partial charge in [-0.05, 0) is 52.1 Å². The molecule has 0 aromatic carbocycles. The number of rotatable bonds is 7. The summed E-state index contributed by atoms with van der Waals surface area (Å²) in [5, 5.41) is 18.0. The van der Waals surface area contributed by atoms with Gasteiger partial charge in [0.15, 0.2) is 0 Å². The number of nitrogens with zero attached hydrogens (tertiary/aromatic N) is 1. The topological polar surface area (TPSA) is 60.8 Å². The second kappa shape index (κ2) is 6.97. The minimum Gasteiger partial charge on any atom is -0.480 e. The van der Waals surface area contributed by atoms with E-state index in [-0.39, 0.29) is 6.61 Å². The lowest BCUT2D eigenvalue weighted by atomic mass is 9.88. The van der Waals surface area contributed by atoms with Gasteiger partial charge in [0.1, 0.15) is 5.54 Å². The Morgan fingerprint density at radius 2 is 1.94 bits per heavy atom. The van der Waals surface area contributed by atoms with Gasteiger partial charge in [0.25, 0.3) is 0 Å². The Bertz CT molecular complexity index is 245. The molecule has 0 spiro atoms. The predicted octanol–water partition coefficient (Wildman–Crippen LogP) is 1.87. The molecule has 1 atom stereocenters. The lowest BCUT2D eigenvalue weighted by molar-refractivity contribution is -0.152. The van der Waals surface area contributed by atoms with E-state index in [1.54, 1.807) is 0 Å². The van der Waals surface area contributed by atoms with Crippen molar-refractivity contribution in [2.75, 3.05) is 19.7 Å². The summed E-state index contributed by atoms with van der Waals surface area (Å²) in [6.45, 7) is 3.88. The molecule has 0 aromatic heterocycles. The number of unbranched alkanes of at least 4 members (excludes halogenated alkanes) is 3. The molecule has 0 aliphatic carbocycles. The summed E-state index contributed by atoms with van der Waals surface area (Å²) in [6, 6.07) is 0. The van der Waals surface area contributed by atoms with Crippen LogP contribution in [0.3, 0.4) is 0 Å². The van der Waals surface area contributed by atoms with Crippen LogP contribution >= 0.6 is 0 Å². The van der Waals surface area contributed by atoms with Crippen LogP contribution in [0.4, 0.5) is 0 Å². The van der Waals surface area contributed by atoms with E-state index in [9.17, 15) is 9.90 Å². The molecule has 0 amide bonds. The highest BCUT2D eigenvalue weighted by Crippen LogP contribution is 2.28. The lowest BCUT2D eigenvalue weighted by Crippen LogP contribution is -2.55. The summed E-state index contributed by atoms with van der Waals surface area (Å²) in [4.78, 5) is 13.5. The van der Waals surface area contributed by atoms with E-state index >= 15 is 0 Å². The van der Waals surface area contributed by atoms with Gasteiger partial charge >= 0.3 is 5.97 Å². The number of carboxylic acid groups (broad SMARTS) is 1. The number of likely N-dealkylation sites (tertiary alicyclic amines) is 1. The van der Waals surface area contributed by atoms with Crippen molar-refractivity contribution in [1.29, 1.82) is 0 Å². The molecule has 1 rings (SSSR count). The maximum absolute atomic E-state index is 11.3. The van der Waals surface area contributed by atoms with E-state index < -0.39 is 11.5 Å². The van der Waals surface area contributed by atoms with Crippen molar-refractivity contribution in [3.05, 3.63) is 0 Å². The Labute approximate surface area is 104 Å². The van der Waals surface area contributed by atoms with Crippen molar-refractivity contribution in [3.8, 4) is 0 Å². The van der Waals surface area contributed by atoms with Crippen LogP contribution in [0.2, 0.25) is 0 Å². The first-order valence-electron chi connectivity index (χ1n) is 6.70. The highest BCUT2D eigenvalue weighted by molar-refractivity contribution is 5.78. The first-order chi connectivity index (χ1) is 8.11. The zero-order valence-corrected chi connectivity index (χ0v) is 10.8. The van der Waals surface area contributed by atoms with Crippen LogP contribution < -0.4 is 0 Å². The van der Waals surface area contributed by atoms with Crippen molar-refractivity contribution < 1.29 is 15.0 Å². The highest BCUT2D eigenvalue weighted by Gasteiger charge is 2.40. The number of carbonyl (C=O) groups is 1. The van der Waals surface area contributed by atoms with Crippen molar-refractivity contribution in [1.82, 2.24) is 4.90 Å². The molecule has 2 N–H and O–H groups in total. The molecular formula is C13H25NO3. The third kappa shape index (κ3) is 3.96. The number of carboxylic acids is 1. The number of piperidine rings is 1. The van der Waals surface area contributed by atoms with Gasteiger partial charge in [0.2, 0.25) is 0 Å². The molecule has 0 aromatic rings. The zero-order chi connectivity index (χ0) is 12.7. The van der Waals surface area contributed by atoms with E-state index in [1.165, 1.54) is 0 Å². The number of hydrogen-bond donors (Lipinski definition) is 2. The number of aliphatic hydroxyl groups is 1. The summed E-state index contributed by atoms with van der Waals surface area (Å²) >= 11 is 0. The van der Waals surface area contributed by atoms with Crippen LogP contribution in [0, 0.1) is 0 Å². The second-order valence-electron chi connectivity index (χ2n) is 5.16. The predicted molar refractivity (Wildman–Crippen MR) is 67.0 cm³/mol. The normalized spacial score (nSPS) is 26.0. The Hall–Kier alpha value is -0.610. The SMILES string of the molecule is CC1(C(=O)O)CCCCN1CCCCCCO. The summed E-state index contributed by atoms with van der Waals surface area (Å²) < 4.78 is 0. The van der Waals surface area contributed by atoms with Gasteiger partial charge in [-0.2, -0.15) is 0 Å². The van der Waals surface area contributed by atoms with Crippen LogP contribution in [0.25, 0.3) is 0 Å². The Morgan fingerprint density at radius 1 is 1.24 bits per heavy atom. The lowest BCUT2D eigenvalue weighted by Gasteiger charge is -2.41. The Kier molecular flexibility index (Phi) is 5.92. The standard InChI is InChI=1S/C13H25NO3/c1-13(12(16)17)8-4-6-10-14(13)9-5-2-3-7-11-15/h15H,2-11H2,1H3,(H,16,17). The van der Waals surface area contributed by atoms with E-state index in [0.717, 1.165) is 58.0 Å². The van der Waals surface area contributed by atoms with Crippen molar-refractivity contribution in [3.63, 3.8) is 0 Å². The van der Waals surface area contributed by atoms with Crippen molar-refractivity contribution in [2.24, 2.45) is 0 Å². The van der Waals surface area contributed by atoms with Crippen LogP contribution in [-0.4, -0.2) is 46.3 Å². The number of aliphatic hydroxyl groups excluding tert-OH is 1. The molecule has 4 heteroatoms. The molecule has 1 unspecified atom stereocenters. The summed E-state index contributed by atoms with van der Waals surface area (Å²) in [5.74, 6) is -0.687. The zero-order valence-electron chi connectivity index (χ0n) is 10.8. The quantitative estimate of drug-likeness (QED) is 0.670. The van der Waals surface area contributed by atoms with Crippen molar-refractivity contribution >= 4 is 5.97 Å². The molecule has 4 nitrogen and oxygen atoms in total. The molecule has 0 radical (unpaired) electrons. The summed E-state index contributed by atoms with van der Waals surface area (Å²) in [5.41, 5.74) is -0.658. The van der Waals surface area contributed by atoms with Gasteiger partial charge in [-0.15, -0.1) is 0 Å². The maximum atomic E-state index is 11.3. The van der Waals surface area contributed by atoms with Gasteiger partial charge in [0, 0.05) is 6.61 Å². The molecule has 1 saturated heterocycles. The van der Waals surface area contributed by atoms with Crippen LogP contribution in [0.5, 0.6) is 0 Å². The fourth-order valence-corrected chi connectivity index (χ4v) is 2.55. The van der Waals surface area contributed by atoms with Crippen LogP contribution in [0.15, 0.2) is 0 Å². The van der Waals surface area contributed by atoms with E-state index in [2.05, 4.69) is 4.90 Å². The third-order valence-electron chi connectivity index (χ3n) is 3.84. The van der Waals surface area contributed by atoms with Gasteiger partial charge < -0.3 is 10.2 Å². The Balaban J connectivity index is 2.36. The molecular weight excluding hydrogens is 218 g/mol. The third-order valence-corrected chi connectivity index (χ3v) is 3.84. The van der Waals surface area contributed by atoms with Gasteiger partial charge in [-0.1, -0.05) is 12.8 Å². The fraction of sp³-hybridized carbons (Fsp3) is 0.923. The second-order valence-corrected chi connectivity index (χ2v) is 5.16. The minimum atomic E-state index is -0.687. The highest BCUT2D eigenvalue weighted by atomic mass is 16.4. The van der Waals surface area contributed by atoms with Gasteiger partial charge in [0.05, 0.1) is 0 Å². The minimum absolute atomic E-state index is 0.260. The van der Waals surface area contributed by atoms with Gasteiger partial charge in [-0.3, -0.25) is 9.69 Å². The van der Waals surface area contributed by atoms with Crippen LogP contribution in [-0.2, 0) is 4.79 Å². The average molecular weight is 243 g/mol. The number of aliphatic carboxylic acids is 1. The molecule has 1 fully saturated rings. The first-order valence-corrected chi connectivity index (χ1v) is 6.70. The fourth-order valence-electron chi connectivity index (χ4n) is 2.55. The largest absolute Gasteiger partial charge is 0.480 e. The molecule has 17 heavy (non-hydrogen) atoms. The number of hydrogen-bond acceptors (Lipinski definition) is 3. The molecule has 1 aliphatic rings.